The van der Waals surface area contributed by atoms with Crippen molar-refractivity contribution >= 4 is 5.78 Å². The van der Waals surface area contributed by atoms with Gasteiger partial charge in [-0.3, -0.25) is 4.79 Å². The van der Waals surface area contributed by atoms with Crippen LogP contribution in [-0.4, -0.2) is 5.78 Å². The Morgan fingerprint density at radius 2 is 1.44 bits per heavy atom. The third kappa shape index (κ3) is 4.39. The number of hydrogen-bond acceptors (Lipinski definition) is 2. The normalized spacial score (nSPS) is 10.9. The van der Waals surface area contributed by atoms with E-state index in [1.165, 1.54) is 0 Å². The van der Waals surface area contributed by atoms with Gasteiger partial charge in [0.15, 0.2) is 11.5 Å². The molecule has 0 saturated heterocycles. The van der Waals surface area contributed by atoms with Gasteiger partial charge < -0.3 is 4.42 Å². The molecule has 0 radical (unpaired) electrons. The van der Waals surface area contributed by atoms with E-state index in [0.717, 1.165) is 60.1 Å². The lowest BCUT2D eigenvalue weighted by molar-refractivity contribution is 0.0952. The summed E-state index contributed by atoms with van der Waals surface area (Å²) in [5.41, 5.74) is 4.25. The van der Waals surface area contributed by atoms with E-state index in [4.69, 9.17) is 4.42 Å². The van der Waals surface area contributed by atoms with E-state index in [9.17, 15) is 4.79 Å². The fraction of sp³-hybridized carbons (Fsp3) is 0.320. The molecule has 0 aliphatic carbocycles. The first kappa shape index (κ1) is 19.2. The van der Waals surface area contributed by atoms with Gasteiger partial charge >= 0.3 is 0 Å². The minimum atomic E-state index is 0.131. The van der Waals surface area contributed by atoms with Crippen molar-refractivity contribution in [2.45, 2.75) is 52.4 Å². The quantitative estimate of drug-likeness (QED) is 0.295. The zero-order valence-corrected chi connectivity index (χ0v) is 16.3. The molecule has 2 aromatic carbocycles. The molecule has 0 N–H and O–H groups in total. The number of carbonyl (C=O) groups excluding carboxylic acids is 1. The summed E-state index contributed by atoms with van der Waals surface area (Å²) in [5, 5.41) is 0. The van der Waals surface area contributed by atoms with Crippen LogP contribution in [0.5, 0.6) is 0 Å². The van der Waals surface area contributed by atoms with Crippen LogP contribution >= 0.6 is 0 Å². The highest BCUT2D eigenvalue weighted by molar-refractivity contribution is 5.99. The molecule has 2 heteroatoms. The Morgan fingerprint density at radius 1 is 0.815 bits per heavy atom. The maximum atomic E-state index is 12.9. The van der Waals surface area contributed by atoms with Crippen molar-refractivity contribution in [3.8, 4) is 22.5 Å². The van der Waals surface area contributed by atoms with E-state index in [1.54, 1.807) is 0 Å². The van der Waals surface area contributed by atoms with Crippen LogP contribution in [0.3, 0.4) is 0 Å². The van der Waals surface area contributed by atoms with Gasteiger partial charge in [-0.05, 0) is 18.4 Å². The standard InChI is InChI=1S/C25H28O2/c1-3-5-8-18-22(26)25-21(13-4-2)23(19-14-9-6-10-15-19)24(27-25)20-16-11-7-12-17-20/h6-7,9-12,14-17H,3-5,8,13,18H2,1-2H3. The Morgan fingerprint density at radius 3 is 2.04 bits per heavy atom. The van der Waals surface area contributed by atoms with Gasteiger partial charge in [-0.25, -0.2) is 0 Å². The van der Waals surface area contributed by atoms with Crippen LogP contribution in [0, 0.1) is 0 Å². The van der Waals surface area contributed by atoms with Crippen LogP contribution in [0.1, 0.15) is 62.1 Å². The minimum Gasteiger partial charge on any atom is -0.452 e. The van der Waals surface area contributed by atoms with Gasteiger partial charge in [-0.15, -0.1) is 0 Å². The Kier molecular flexibility index (Phi) is 6.64. The number of rotatable bonds is 9. The lowest BCUT2D eigenvalue weighted by atomic mass is 9.93. The first-order chi connectivity index (χ1) is 13.3. The lowest BCUT2D eigenvalue weighted by Crippen LogP contribution is -2.02. The average Bonchev–Trinajstić information content (AvgIpc) is 3.09. The smallest absolute Gasteiger partial charge is 0.198 e. The molecular weight excluding hydrogens is 332 g/mol. The van der Waals surface area contributed by atoms with Crippen molar-refractivity contribution < 1.29 is 9.21 Å². The summed E-state index contributed by atoms with van der Waals surface area (Å²) in [7, 11) is 0. The van der Waals surface area contributed by atoms with Crippen LogP contribution in [-0.2, 0) is 6.42 Å². The van der Waals surface area contributed by atoms with Gasteiger partial charge in [0.05, 0.1) is 0 Å². The van der Waals surface area contributed by atoms with Crippen molar-refractivity contribution in [1.82, 2.24) is 0 Å². The van der Waals surface area contributed by atoms with Gasteiger partial charge in [-0.1, -0.05) is 93.8 Å². The summed E-state index contributed by atoms with van der Waals surface area (Å²) < 4.78 is 6.28. The zero-order chi connectivity index (χ0) is 19.1. The number of ketones is 1. The molecule has 0 saturated carbocycles. The molecule has 3 aromatic rings. The van der Waals surface area contributed by atoms with Crippen LogP contribution in [0.15, 0.2) is 65.1 Å². The number of Topliss-reactive ketones (excluding diaryl/α,β-unsaturated/α-hetero) is 1. The summed E-state index contributed by atoms with van der Waals surface area (Å²) in [6.07, 6.45) is 5.48. The highest BCUT2D eigenvalue weighted by Crippen LogP contribution is 2.40. The van der Waals surface area contributed by atoms with E-state index in [-0.39, 0.29) is 5.78 Å². The van der Waals surface area contributed by atoms with Crippen LogP contribution in [0.2, 0.25) is 0 Å². The van der Waals surface area contributed by atoms with Crippen LogP contribution in [0.4, 0.5) is 0 Å². The van der Waals surface area contributed by atoms with E-state index in [2.05, 4.69) is 26.0 Å². The lowest BCUT2D eigenvalue weighted by Gasteiger charge is -2.06. The summed E-state index contributed by atoms with van der Waals surface area (Å²) in [6, 6.07) is 20.4. The molecule has 1 heterocycles. The molecule has 1 aromatic heterocycles. The maximum absolute atomic E-state index is 12.9. The fourth-order valence-electron chi connectivity index (χ4n) is 3.53. The zero-order valence-electron chi connectivity index (χ0n) is 16.3. The summed E-state index contributed by atoms with van der Waals surface area (Å²) in [4.78, 5) is 12.9. The Balaban J connectivity index is 2.14. The second-order valence-electron chi connectivity index (χ2n) is 6.98. The molecule has 0 fully saturated rings. The first-order valence-corrected chi connectivity index (χ1v) is 10.1. The molecule has 2 nitrogen and oxygen atoms in total. The summed E-state index contributed by atoms with van der Waals surface area (Å²) in [6.45, 7) is 4.30. The molecule has 27 heavy (non-hydrogen) atoms. The van der Waals surface area contributed by atoms with Crippen molar-refractivity contribution in [3.63, 3.8) is 0 Å². The average molecular weight is 360 g/mol. The second-order valence-corrected chi connectivity index (χ2v) is 6.98. The predicted octanol–water partition coefficient (Wildman–Crippen LogP) is 7.33. The largest absolute Gasteiger partial charge is 0.452 e. The summed E-state index contributed by atoms with van der Waals surface area (Å²) >= 11 is 0. The maximum Gasteiger partial charge on any atom is 0.198 e. The highest BCUT2D eigenvalue weighted by atomic mass is 16.3. The van der Waals surface area contributed by atoms with Crippen molar-refractivity contribution in [1.29, 1.82) is 0 Å². The number of unbranched alkanes of at least 4 members (excludes halogenated alkanes) is 2. The van der Waals surface area contributed by atoms with E-state index >= 15 is 0 Å². The number of furan rings is 1. The van der Waals surface area contributed by atoms with E-state index in [1.807, 2.05) is 48.5 Å². The van der Waals surface area contributed by atoms with Gasteiger partial charge in [0.1, 0.15) is 5.76 Å². The molecular formula is C25H28O2. The third-order valence-corrected chi connectivity index (χ3v) is 4.87. The van der Waals surface area contributed by atoms with E-state index in [0.29, 0.717) is 12.2 Å². The van der Waals surface area contributed by atoms with Crippen molar-refractivity contribution in [2.75, 3.05) is 0 Å². The minimum absolute atomic E-state index is 0.131. The Labute approximate surface area is 162 Å². The second kappa shape index (κ2) is 9.36. The Bertz CT molecular complexity index is 860. The highest BCUT2D eigenvalue weighted by Gasteiger charge is 2.25. The monoisotopic (exact) mass is 360 g/mol. The number of hydrogen-bond donors (Lipinski definition) is 0. The topological polar surface area (TPSA) is 30.2 Å². The molecule has 0 aliphatic heterocycles. The fourth-order valence-corrected chi connectivity index (χ4v) is 3.53. The van der Waals surface area contributed by atoms with E-state index < -0.39 is 0 Å². The van der Waals surface area contributed by atoms with Gasteiger partial charge in [-0.2, -0.15) is 0 Å². The molecule has 3 rings (SSSR count). The molecule has 0 amide bonds. The van der Waals surface area contributed by atoms with Gasteiger partial charge in [0.25, 0.3) is 0 Å². The molecule has 0 spiro atoms. The molecule has 0 unspecified atom stereocenters. The SMILES string of the molecule is CCCCCC(=O)c1oc(-c2ccccc2)c(-c2ccccc2)c1CCC. The summed E-state index contributed by atoms with van der Waals surface area (Å²) in [5.74, 6) is 1.50. The molecule has 0 bridgehead atoms. The Hall–Kier alpha value is -2.61. The molecule has 0 atom stereocenters. The van der Waals surface area contributed by atoms with Crippen molar-refractivity contribution in [2.24, 2.45) is 0 Å². The molecule has 140 valence electrons. The third-order valence-electron chi connectivity index (χ3n) is 4.87. The predicted molar refractivity (Wildman–Crippen MR) is 112 cm³/mol. The van der Waals surface area contributed by atoms with Gasteiger partial charge in [0, 0.05) is 23.1 Å². The van der Waals surface area contributed by atoms with Gasteiger partial charge in [0.2, 0.25) is 0 Å². The number of benzene rings is 2. The molecule has 0 aliphatic rings. The number of carbonyl (C=O) groups is 1. The van der Waals surface area contributed by atoms with Crippen molar-refractivity contribution in [3.05, 3.63) is 72.0 Å². The first-order valence-electron chi connectivity index (χ1n) is 10.1. The van der Waals surface area contributed by atoms with Crippen LogP contribution in [0.25, 0.3) is 22.5 Å². The van der Waals surface area contributed by atoms with Crippen LogP contribution < -0.4 is 0 Å².